The predicted molar refractivity (Wildman–Crippen MR) is 94.4 cm³/mol. The van der Waals surface area contributed by atoms with Gasteiger partial charge in [-0.15, -0.1) is 0 Å². The normalized spacial score (nSPS) is 18.5. The van der Waals surface area contributed by atoms with Crippen molar-refractivity contribution in [2.45, 2.75) is 19.3 Å². The van der Waals surface area contributed by atoms with Crippen molar-refractivity contribution >= 4 is 11.6 Å². The van der Waals surface area contributed by atoms with Gasteiger partial charge >= 0.3 is 0 Å². The van der Waals surface area contributed by atoms with Gasteiger partial charge < -0.3 is 10.2 Å². The fourth-order valence-electron chi connectivity index (χ4n) is 3.17. The topological polar surface area (TPSA) is 32.3 Å². The smallest absolute Gasteiger partial charge is 0.228 e. The second kappa shape index (κ2) is 7.93. The van der Waals surface area contributed by atoms with E-state index in [1.165, 1.54) is 5.56 Å². The van der Waals surface area contributed by atoms with Crippen molar-refractivity contribution in [1.82, 2.24) is 4.90 Å². The maximum atomic E-state index is 12.4. The first kappa shape index (κ1) is 15.8. The number of nitrogens with one attached hydrogen (secondary N) is 1. The van der Waals surface area contributed by atoms with E-state index in [1.807, 2.05) is 36.4 Å². The van der Waals surface area contributed by atoms with Crippen LogP contribution >= 0.6 is 0 Å². The van der Waals surface area contributed by atoms with Crippen LogP contribution in [-0.2, 0) is 11.2 Å². The molecule has 2 aromatic carbocycles. The molecule has 1 amide bonds. The third-order valence-electron chi connectivity index (χ3n) is 4.48. The zero-order valence-electron chi connectivity index (χ0n) is 13.4. The van der Waals surface area contributed by atoms with Crippen LogP contribution in [0.1, 0.15) is 18.4 Å². The third-order valence-corrected chi connectivity index (χ3v) is 4.48. The Morgan fingerprint density at radius 1 is 1.04 bits per heavy atom. The van der Waals surface area contributed by atoms with E-state index in [0.717, 1.165) is 44.6 Å². The summed E-state index contributed by atoms with van der Waals surface area (Å²) >= 11 is 0. The summed E-state index contributed by atoms with van der Waals surface area (Å²) in [5, 5.41) is 3.04. The molecule has 0 spiro atoms. The molecule has 1 aliphatic heterocycles. The monoisotopic (exact) mass is 308 g/mol. The lowest BCUT2D eigenvalue weighted by molar-refractivity contribution is -0.121. The van der Waals surface area contributed by atoms with Gasteiger partial charge in [-0.2, -0.15) is 0 Å². The van der Waals surface area contributed by atoms with E-state index in [4.69, 9.17) is 0 Å². The lowest BCUT2D eigenvalue weighted by Gasteiger charge is -2.32. The highest BCUT2D eigenvalue weighted by Crippen LogP contribution is 2.19. The van der Waals surface area contributed by atoms with Crippen molar-refractivity contribution in [3.8, 4) is 0 Å². The lowest BCUT2D eigenvalue weighted by atomic mass is 9.96. The van der Waals surface area contributed by atoms with E-state index in [2.05, 4.69) is 34.5 Å². The number of benzene rings is 2. The zero-order valence-corrected chi connectivity index (χ0v) is 13.4. The molecule has 0 aliphatic carbocycles. The highest BCUT2D eigenvalue weighted by molar-refractivity contribution is 5.92. The Morgan fingerprint density at radius 2 is 1.74 bits per heavy atom. The molecule has 0 radical (unpaired) electrons. The third kappa shape index (κ3) is 4.67. The summed E-state index contributed by atoms with van der Waals surface area (Å²) in [6.07, 6.45) is 3.13. The minimum Gasteiger partial charge on any atom is -0.326 e. The highest BCUT2D eigenvalue weighted by Gasteiger charge is 2.25. The van der Waals surface area contributed by atoms with E-state index >= 15 is 0 Å². The van der Waals surface area contributed by atoms with Crippen molar-refractivity contribution in [3.63, 3.8) is 0 Å². The van der Waals surface area contributed by atoms with Crippen molar-refractivity contribution in [1.29, 1.82) is 0 Å². The van der Waals surface area contributed by atoms with Gasteiger partial charge in [-0.05, 0) is 43.5 Å². The van der Waals surface area contributed by atoms with Crippen LogP contribution in [0.15, 0.2) is 60.7 Å². The van der Waals surface area contributed by atoms with E-state index in [1.54, 1.807) is 0 Å². The fourth-order valence-corrected chi connectivity index (χ4v) is 3.17. The summed E-state index contributed by atoms with van der Waals surface area (Å²) in [7, 11) is 0. The van der Waals surface area contributed by atoms with Gasteiger partial charge in [-0.3, -0.25) is 4.79 Å². The number of amides is 1. The molecule has 3 rings (SSSR count). The molecule has 3 heteroatoms. The highest BCUT2D eigenvalue weighted by atomic mass is 16.1. The number of anilines is 1. The Hall–Kier alpha value is -2.13. The molecule has 23 heavy (non-hydrogen) atoms. The number of carbonyl (C=O) groups is 1. The number of hydrogen-bond donors (Lipinski definition) is 1. The SMILES string of the molecule is O=C(Nc1ccccc1)[C@@H]1CCCN(CCc2ccccc2)C1. The second-order valence-corrected chi connectivity index (χ2v) is 6.23. The molecule has 0 aromatic heterocycles. The first-order chi connectivity index (χ1) is 11.3. The molecule has 1 aliphatic rings. The van der Waals surface area contributed by atoms with Gasteiger partial charge in [0.1, 0.15) is 0 Å². The summed E-state index contributed by atoms with van der Waals surface area (Å²) in [5.74, 6) is 0.250. The fraction of sp³-hybridized carbons (Fsp3) is 0.350. The molecule has 1 fully saturated rings. The van der Waals surface area contributed by atoms with Crippen LogP contribution in [0.2, 0.25) is 0 Å². The molecule has 2 aromatic rings. The van der Waals surface area contributed by atoms with Gasteiger partial charge in [0.15, 0.2) is 0 Å². The Morgan fingerprint density at radius 3 is 2.48 bits per heavy atom. The van der Waals surface area contributed by atoms with Gasteiger partial charge in [0.25, 0.3) is 0 Å². The van der Waals surface area contributed by atoms with Crippen molar-refractivity contribution in [2.24, 2.45) is 5.92 Å². The van der Waals surface area contributed by atoms with Crippen LogP contribution in [0, 0.1) is 5.92 Å². The minimum absolute atomic E-state index is 0.0970. The van der Waals surface area contributed by atoms with E-state index in [9.17, 15) is 4.79 Å². The summed E-state index contributed by atoms with van der Waals surface area (Å²) in [6, 6.07) is 20.3. The summed E-state index contributed by atoms with van der Waals surface area (Å²) in [4.78, 5) is 14.9. The first-order valence-corrected chi connectivity index (χ1v) is 8.43. The molecule has 1 saturated heterocycles. The maximum absolute atomic E-state index is 12.4. The van der Waals surface area contributed by atoms with E-state index in [-0.39, 0.29) is 11.8 Å². The largest absolute Gasteiger partial charge is 0.326 e. The van der Waals surface area contributed by atoms with E-state index < -0.39 is 0 Å². The van der Waals surface area contributed by atoms with E-state index in [0.29, 0.717) is 0 Å². The second-order valence-electron chi connectivity index (χ2n) is 6.23. The Kier molecular flexibility index (Phi) is 5.43. The van der Waals surface area contributed by atoms with Gasteiger partial charge in [-0.1, -0.05) is 48.5 Å². The van der Waals surface area contributed by atoms with Crippen molar-refractivity contribution in [2.75, 3.05) is 25.0 Å². The van der Waals surface area contributed by atoms with Crippen LogP contribution in [0.4, 0.5) is 5.69 Å². The Balaban J connectivity index is 1.50. The zero-order chi connectivity index (χ0) is 15.9. The average molecular weight is 308 g/mol. The maximum Gasteiger partial charge on any atom is 0.228 e. The number of likely N-dealkylation sites (tertiary alicyclic amines) is 1. The van der Waals surface area contributed by atoms with Crippen LogP contribution < -0.4 is 5.32 Å². The molecule has 1 heterocycles. The molecule has 3 nitrogen and oxygen atoms in total. The Bertz CT molecular complexity index is 612. The standard InChI is InChI=1S/C20H24N2O/c23-20(21-19-11-5-2-6-12-19)18-10-7-14-22(16-18)15-13-17-8-3-1-4-9-17/h1-6,8-9,11-12,18H,7,10,13-16H2,(H,21,23)/t18-/m1/s1. The summed E-state index contributed by atoms with van der Waals surface area (Å²) < 4.78 is 0. The van der Waals surface area contributed by atoms with Crippen molar-refractivity contribution in [3.05, 3.63) is 66.2 Å². The molecule has 1 N–H and O–H groups in total. The number of nitrogens with zero attached hydrogens (tertiary/aromatic N) is 1. The molecular weight excluding hydrogens is 284 g/mol. The predicted octanol–water partition coefficient (Wildman–Crippen LogP) is 3.58. The van der Waals surface area contributed by atoms with Crippen LogP contribution in [0.5, 0.6) is 0 Å². The van der Waals surface area contributed by atoms with Gasteiger partial charge in [0.05, 0.1) is 5.92 Å². The molecule has 0 saturated carbocycles. The molecule has 120 valence electrons. The van der Waals surface area contributed by atoms with Crippen LogP contribution in [0.3, 0.4) is 0 Å². The van der Waals surface area contributed by atoms with Crippen LogP contribution in [0.25, 0.3) is 0 Å². The van der Waals surface area contributed by atoms with Gasteiger partial charge in [0.2, 0.25) is 5.91 Å². The average Bonchev–Trinajstić information content (AvgIpc) is 2.62. The molecular formula is C20H24N2O. The minimum atomic E-state index is 0.0970. The number of rotatable bonds is 5. The quantitative estimate of drug-likeness (QED) is 0.915. The van der Waals surface area contributed by atoms with Gasteiger partial charge in [-0.25, -0.2) is 0 Å². The number of piperidine rings is 1. The number of hydrogen-bond acceptors (Lipinski definition) is 2. The first-order valence-electron chi connectivity index (χ1n) is 8.43. The van der Waals surface area contributed by atoms with Gasteiger partial charge in [0, 0.05) is 18.8 Å². The van der Waals surface area contributed by atoms with Crippen LogP contribution in [-0.4, -0.2) is 30.4 Å². The lowest BCUT2D eigenvalue weighted by Crippen LogP contribution is -2.41. The van der Waals surface area contributed by atoms with Crippen molar-refractivity contribution < 1.29 is 4.79 Å². The molecule has 1 atom stereocenters. The number of para-hydroxylation sites is 1. The molecule has 0 unspecified atom stereocenters. The Labute approximate surface area is 138 Å². The summed E-state index contributed by atoms with van der Waals surface area (Å²) in [6.45, 7) is 2.99. The number of carbonyl (C=O) groups excluding carboxylic acids is 1. The molecule has 0 bridgehead atoms. The summed E-state index contributed by atoms with van der Waals surface area (Å²) in [5.41, 5.74) is 2.25.